The molecular weight excluding hydrogens is 637 g/mol. The molecule has 0 amide bonds. The van der Waals surface area contributed by atoms with Gasteiger partial charge in [0.15, 0.2) is 40.9 Å². The predicted molar refractivity (Wildman–Crippen MR) is 156 cm³/mol. The van der Waals surface area contributed by atoms with Crippen molar-refractivity contribution >= 4 is 54.5 Å². The SMILES string of the molecule is CO[C@H]1[C@H](n2cnc3c(N)ncnc32)O[C@]2(OC)COP(O)O[C@@H]3CC(OC(O)CC[C@@H]12)S[C@H]3n1nnc2c(=O)[nH]c(N)nc21. The first-order valence-electron chi connectivity index (χ1n) is 13.8. The minimum absolute atomic E-state index is 0.0154. The van der Waals surface area contributed by atoms with E-state index in [0.717, 1.165) is 0 Å². The van der Waals surface area contributed by atoms with Crippen LogP contribution in [0.5, 0.6) is 0 Å². The molecule has 20 nitrogen and oxygen atoms in total. The zero-order valence-corrected chi connectivity index (χ0v) is 25.6. The summed E-state index contributed by atoms with van der Waals surface area (Å²) in [4.78, 5) is 42.6. The number of H-pyrrole nitrogens is 1. The van der Waals surface area contributed by atoms with Gasteiger partial charge in [-0.3, -0.25) is 14.3 Å². The Balaban J connectivity index is 1.19. The van der Waals surface area contributed by atoms with Gasteiger partial charge < -0.3 is 49.5 Å². The van der Waals surface area contributed by atoms with Gasteiger partial charge >= 0.3 is 8.60 Å². The number of imidazole rings is 1. The van der Waals surface area contributed by atoms with Gasteiger partial charge in [0.2, 0.25) is 5.95 Å². The Labute approximate surface area is 258 Å². The summed E-state index contributed by atoms with van der Waals surface area (Å²) in [6.07, 6.45) is 0.179. The Bertz CT molecular complexity index is 1760. The fourth-order valence-corrected chi connectivity index (χ4v) is 8.30. The predicted octanol–water partition coefficient (Wildman–Crippen LogP) is -0.267. The standard InChI is InChI=1S/C23H30N11O9PS/c1-38-15-9-3-4-11(35)41-12-5-10(21(45-12)34-18-14(31-32-34)19(36)30-22(25)29-18)43-44(37)40-6-23(9,39-2)42-20(15)33-8-28-13-16(24)26-7-27-17(13)33/h7-12,15,20-21,35,37H,3-6H2,1-2H3,(H2,24,26,27)(H3,25,29,30,36)/t9-,10+,11?,12?,15+,20+,21+,23+,44?/m0/s1. The number of methoxy groups -OCH3 is 2. The molecule has 0 aromatic carbocycles. The van der Waals surface area contributed by atoms with E-state index in [1.54, 1.807) is 4.57 Å². The third-order valence-electron chi connectivity index (χ3n) is 8.10. The first kappa shape index (κ1) is 30.5. The van der Waals surface area contributed by atoms with Crippen LogP contribution in [-0.2, 0) is 28.0 Å². The first-order valence-corrected chi connectivity index (χ1v) is 15.9. The number of aromatic amines is 1. The van der Waals surface area contributed by atoms with Crippen LogP contribution < -0.4 is 17.0 Å². The number of fused-ring (bicyclic) bond motifs is 5. The summed E-state index contributed by atoms with van der Waals surface area (Å²) in [7, 11) is 0.471. The molecule has 3 fully saturated rings. The molecule has 0 saturated carbocycles. The highest BCUT2D eigenvalue weighted by molar-refractivity contribution is 8.00. The Morgan fingerprint density at radius 2 is 2.04 bits per heavy atom. The highest BCUT2D eigenvalue weighted by atomic mass is 32.2. The molecule has 7 rings (SSSR count). The zero-order chi connectivity index (χ0) is 31.5. The van der Waals surface area contributed by atoms with Crippen LogP contribution in [-0.4, -0.2) is 105 Å². The monoisotopic (exact) mass is 667 g/mol. The maximum absolute atomic E-state index is 12.3. The second-order valence-corrected chi connectivity index (χ2v) is 12.8. The fraction of sp³-hybridized carbons (Fsp3) is 0.609. The number of aliphatic hydroxyl groups is 1. The first-order chi connectivity index (χ1) is 21.7. The summed E-state index contributed by atoms with van der Waals surface area (Å²) in [6, 6.07) is 0. The Morgan fingerprint density at radius 3 is 2.84 bits per heavy atom. The lowest BCUT2D eigenvalue weighted by Gasteiger charge is -2.34. The van der Waals surface area contributed by atoms with E-state index in [0.29, 0.717) is 17.6 Å². The minimum atomic E-state index is -2.52. The summed E-state index contributed by atoms with van der Waals surface area (Å²) in [5.41, 5.74) is 11.6. The van der Waals surface area contributed by atoms with E-state index >= 15 is 0 Å². The smallest absolute Gasteiger partial charge is 0.330 e. The van der Waals surface area contributed by atoms with E-state index in [-0.39, 0.29) is 42.4 Å². The van der Waals surface area contributed by atoms with Gasteiger partial charge in [-0.05, 0) is 12.8 Å². The third kappa shape index (κ3) is 5.31. The molecular formula is C23H30N11O9PS. The van der Waals surface area contributed by atoms with Crippen molar-refractivity contribution in [1.82, 2.24) is 44.5 Å². The van der Waals surface area contributed by atoms with E-state index in [2.05, 4.69) is 35.2 Å². The Hall–Kier alpha value is -3.11. The molecule has 2 bridgehead atoms. The summed E-state index contributed by atoms with van der Waals surface area (Å²) in [5, 5.41) is 18.4. The number of hydrogen-bond acceptors (Lipinski definition) is 18. The average Bonchev–Trinajstić information content (AvgIpc) is 3.78. The number of aromatic nitrogens is 9. The molecule has 242 valence electrons. The van der Waals surface area contributed by atoms with Crippen LogP contribution in [0, 0.1) is 5.92 Å². The molecule has 3 aliphatic rings. The van der Waals surface area contributed by atoms with Crippen molar-refractivity contribution in [2.75, 3.05) is 32.3 Å². The highest BCUT2D eigenvalue weighted by Crippen LogP contribution is 2.53. The van der Waals surface area contributed by atoms with Crippen molar-refractivity contribution in [1.29, 1.82) is 0 Å². The van der Waals surface area contributed by atoms with Crippen LogP contribution in [0.25, 0.3) is 22.3 Å². The minimum Gasteiger partial charge on any atom is -0.382 e. The molecule has 9 atom stereocenters. The molecule has 7 heterocycles. The van der Waals surface area contributed by atoms with Crippen molar-refractivity contribution in [3.05, 3.63) is 23.0 Å². The van der Waals surface area contributed by atoms with Gasteiger partial charge in [-0.25, -0.2) is 19.6 Å². The molecule has 45 heavy (non-hydrogen) atoms. The van der Waals surface area contributed by atoms with Crippen LogP contribution >= 0.6 is 20.4 Å². The van der Waals surface area contributed by atoms with Gasteiger partial charge in [0.05, 0.1) is 6.33 Å². The zero-order valence-electron chi connectivity index (χ0n) is 23.9. The second kappa shape index (κ2) is 11.9. The molecule has 0 radical (unpaired) electrons. The van der Waals surface area contributed by atoms with E-state index in [1.165, 1.54) is 43.3 Å². The van der Waals surface area contributed by atoms with Gasteiger partial charge in [-0.1, -0.05) is 5.21 Å². The lowest BCUT2D eigenvalue weighted by atomic mass is 9.89. The fourth-order valence-electron chi connectivity index (χ4n) is 6.03. The number of aliphatic hydroxyl groups excluding tert-OH is 1. The Kier molecular flexibility index (Phi) is 8.09. The average molecular weight is 668 g/mol. The summed E-state index contributed by atoms with van der Waals surface area (Å²) in [6.45, 7) is -0.263. The van der Waals surface area contributed by atoms with Crippen molar-refractivity contribution in [3.8, 4) is 0 Å². The number of nitrogens with zero attached hydrogens (tertiary/aromatic N) is 8. The lowest BCUT2D eigenvalue weighted by molar-refractivity contribution is -0.257. The molecule has 3 unspecified atom stereocenters. The third-order valence-corrected chi connectivity index (χ3v) is 10.3. The summed E-state index contributed by atoms with van der Waals surface area (Å²) >= 11 is 1.26. The second-order valence-electron chi connectivity index (χ2n) is 10.6. The number of thioether (sulfide) groups is 1. The molecule has 0 spiro atoms. The molecule has 3 aliphatic heterocycles. The van der Waals surface area contributed by atoms with Crippen LogP contribution in [0.2, 0.25) is 0 Å². The van der Waals surface area contributed by atoms with Crippen molar-refractivity contribution in [2.24, 2.45) is 5.92 Å². The number of ether oxygens (including phenoxy) is 4. The van der Waals surface area contributed by atoms with E-state index < -0.39 is 61.4 Å². The number of hydrogen-bond donors (Lipinski definition) is 5. The van der Waals surface area contributed by atoms with Crippen molar-refractivity contribution in [2.45, 2.75) is 60.6 Å². The number of rotatable bonds is 4. The van der Waals surface area contributed by atoms with Crippen LogP contribution in [0.1, 0.15) is 30.9 Å². The van der Waals surface area contributed by atoms with Gasteiger partial charge in [0, 0.05) is 26.6 Å². The highest BCUT2D eigenvalue weighted by Gasteiger charge is 2.58. The summed E-state index contributed by atoms with van der Waals surface area (Å²) in [5.74, 6) is -1.89. The normalized spacial score (nSPS) is 34.4. The van der Waals surface area contributed by atoms with Crippen LogP contribution in [0.4, 0.5) is 11.8 Å². The quantitative estimate of drug-likeness (QED) is 0.175. The Morgan fingerprint density at radius 1 is 1.20 bits per heavy atom. The molecule has 4 aromatic heterocycles. The van der Waals surface area contributed by atoms with Crippen LogP contribution in [0.15, 0.2) is 17.4 Å². The molecule has 4 aromatic rings. The molecule has 22 heteroatoms. The molecule has 0 aliphatic carbocycles. The van der Waals surface area contributed by atoms with Gasteiger partial charge in [-0.2, -0.15) is 4.98 Å². The van der Waals surface area contributed by atoms with Gasteiger partial charge in [-0.15, -0.1) is 16.9 Å². The van der Waals surface area contributed by atoms with Gasteiger partial charge in [0.1, 0.15) is 41.5 Å². The maximum atomic E-state index is 12.3. The number of nitrogen functional groups attached to an aromatic ring is 2. The van der Waals surface area contributed by atoms with E-state index in [4.69, 9.17) is 39.5 Å². The van der Waals surface area contributed by atoms with E-state index in [1.807, 2.05) is 0 Å². The van der Waals surface area contributed by atoms with E-state index in [9.17, 15) is 14.8 Å². The number of nitrogens with one attached hydrogen (secondary N) is 1. The largest absolute Gasteiger partial charge is 0.382 e. The van der Waals surface area contributed by atoms with Crippen molar-refractivity contribution < 1.29 is 38.0 Å². The topological polar surface area (TPSA) is 268 Å². The van der Waals surface area contributed by atoms with Crippen molar-refractivity contribution in [3.63, 3.8) is 0 Å². The molecule has 7 N–H and O–H groups in total. The molecule has 3 saturated heterocycles. The van der Waals surface area contributed by atoms with Gasteiger partial charge in [0.25, 0.3) is 5.56 Å². The van der Waals surface area contributed by atoms with Crippen LogP contribution in [0.3, 0.4) is 0 Å². The number of nitrogens with two attached hydrogens (primary N) is 2. The lowest BCUT2D eigenvalue weighted by Crippen LogP contribution is -2.45. The number of anilines is 2. The summed E-state index contributed by atoms with van der Waals surface area (Å²) < 4.78 is 39.3. The maximum Gasteiger partial charge on any atom is 0.330 e.